The van der Waals surface area contributed by atoms with Crippen molar-refractivity contribution in [3.8, 4) is 17.1 Å². The van der Waals surface area contributed by atoms with Crippen LogP contribution in [-0.4, -0.2) is 53.5 Å². The fourth-order valence-electron chi connectivity index (χ4n) is 3.19. The molecule has 3 heterocycles. The number of ether oxygens (including phenoxy) is 1. The zero-order valence-corrected chi connectivity index (χ0v) is 15.0. The van der Waals surface area contributed by atoms with Crippen molar-refractivity contribution in [2.75, 3.05) is 43.1 Å². The molecule has 0 atom stereocenters. The number of methoxy groups -OCH3 is 1. The quantitative estimate of drug-likeness (QED) is 0.752. The molecule has 1 N–H and O–H groups in total. The number of hydrogen-bond acceptors (Lipinski definition) is 7. The first-order chi connectivity index (χ1) is 13.2. The van der Waals surface area contributed by atoms with Crippen molar-refractivity contribution < 1.29 is 4.74 Å². The number of aromatic amines is 1. The highest BCUT2D eigenvalue weighted by Crippen LogP contribution is 2.28. The minimum atomic E-state index is -0.205. The highest BCUT2D eigenvalue weighted by atomic mass is 16.5. The van der Waals surface area contributed by atoms with E-state index < -0.39 is 0 Å². The molecule has 0 aliphatic carbocycles. The van der Waals surface area contributed by atoms with Crippen LogP contribution >= 0.6 is 0 Å². The van der Waals surface area contributed by atoms with E-state index in [1.54, 1.807) is 25.4 Å². The van der Waals surface area contributed by atoms with E-state index in [1.807, 2.05) is 30.3 Å². The number of piperazine rings is 1. The summed E-state index contributed by atoms with van der Waals surface area (Å²) in [5, 5.41) is 6.84. The topological polar surface area (TPSA) is 87.2 Å². The maximum Gasteiger partial charge on any atom is 0.266 e. The van der Waals surface area contributed by atoms with E-state index in [1.165, 1.54) is 0 Å². The van der Waals surface area contributed by atoms with Gasteiger partial charge in [0.25, 0.3) is 5.56 Å². The molecule has 0 saturated carbocycles. The van der Waals surface area contributed by atoms with Crippen LogP contribution in [-0.2, 0) is 0 Å². The number of nitrogens with one attached hydrogen (secondary N) is 1. The Labute approximate surface area is 156 Å². The summed E-state index contributed by atoms with van der Waals surface area (Å²) in [6.07, 6.45) is 1.70. The Balaban J connectivity index is 1.56. The van der Waals surface area contributed by atoms with E-state index in [0.29, 0.717) is 11.8 Å². The van der Waals surface area contributed by atoms with Crippen molar-refractivity contribution in [3.63, 3.8) is 0 Å². The van der Waals surface area contributed by atoms with Crippen molar-refractivity contribution in [2.24, 2.45) is 0 Å². The first-order valence-electron chi connectivity index (χ1n) is 8.76. The number of aromatic nitrogens is 4. The molecule has 0 bridgehead atoms. The number of benzene rings is 1. The maximum absolute atomic E-state index is 11.9. The molecular formula is C19H20N6O2. The Bertz CT molecular complexity index is 967. The Morgan fingerprint density at radius 3 is 2.52 bits per heavy atom. The zero-order chi connectivity index (χ0) is 18.6. The molecule has 27 heavy (non-hydrogen) atoms. The zero-order valence-electron chi connectivity index (χ0n) is 15.0. The third kappa shape index (κ3) is 3.59. The molecule has 1 aromatic carbocycles. The lowest BCUT2D eigenvalue weighted by Gasteiger charge is -2.36. The van der Waals surface area contributed by atoms with Crippen molar-refractivity contribution in [3.05, 3.63) is 59.0 Å². The van der Waals surface area contributed by atoms with Gasteiger partial charge in [-0.1, -0.05) is 30.3 Å². The van der Waals surface area contributed by atoms with E-state index >= 15 is 0 Å². The predicted molar refractivity (Wildman–Crippen MR) is 103 cm³/mol. The minimum Gasteiger partial charge on any atom is -0.481 e. The molecule has 1 saturated heterocycles. The van der Waals surface area contributed by atoms with E-state index in [4.69, 9.17) is 4.74 Å². The van der Waals surface area contributed by atoms with Crippen LogP contribution in [0.2, 0.25) is 0 Å². The van der Waals surface area contributed by atoms with Gasteiger partial charge in [-0.25, -0.2) is 10.1 Å². The van der Waals surface area contributed by atoms with Gasteiger partial charge in [-0.05, 0) is 0 Å². The molecule has 1 aliphatic rings. The molecule has 1 aliphatic heterocycles. The molecule has 2 aromatic heterocycles. The SMILES string of the molecule is COc1ccnc(N2CCN(c3cc(=O)[nH]nc3-c3ccccc3)CC2)n1. The Kier molecular flexibility index (Phi) is 4.69. The fraction of sp³-hybridized carbons (Fsp3) is 0.263. The molecule has 138 valence electrons. The molecule has 0 amide bonds. The van der Waals surface area contributed by atoms with E-state index in [-0.39, 0.29) is 5.56 Å². The van der Waals surface area contributed by atoms with Gasteiger partial charge in [-0.2, -0.15) is 10.1 Å². The molecule has 1 fully saturated rings. The fourth-order valence-corrected chi connectivity index (χ4v) is 3.19. The van der Waals surface area contributed by atoms with Gasteiger partial charge in [0, 0.05) is 50.1 Å². The van der Waals surface area contributed by atoms with Crippen molar-refractivity contribution in [2.45, 2.75) is 0 Å². The molecular weight excluding hydrogens is 344 g/mol. The molecule has 8 heteroatoms. The van der Waals surface area contributed by atoms with Crippen LogP contribution in [0.25, 0.3) is 11.3 Å². The summed E-state index contributed by atoms with van der Waals surface area (Å²) in [4.78, 5) is 24.9. The largest absolute Gasteiger partial charge is 0.481 e. The second-order valence-corrected chi connectivity index (χ2v) is 6.21. The second kappa shape index (κ2) is 7.45. The lowest BCUT2D eigenvalue weighted by atomic mass is 10.1. The van der Waals surface area contributed by atoms with Gasteiger partial charge >= 0.3 is 0 Å². The van der Waals surface area contributed by atoms with Gasteiger partial charge in [0.15, 0.2) is 0 Å². The van der Waals surface area contributed by atoms with Gasteiger partial charge in [0.05, 0.1) is 12.8 Å². The van der Waals surface area contributed by atoms with Gasteiger partial charge < -0.3 is 14.5 Å². The summed E-state index contributed by atoms with van der Waals surface area (Å²) in [6.45, 7) is 2.97. The second-order valence-electron chi connectivity index (χ2n) is 6.21. The highest BCUT2D eigenvalue weighted by molar-refractivity contribution is 5.74. The van der Waals surface area contributed by atoms with Crippen LogP contribution < -0.4 is 20.1 Å². The molecule has 3 aromatic rings. The Hall–Kier alpha value is -3.42. The summed E-state index contributed by atoms with van der Waals surface area (Å²) in [5.41, 5.74) is 2.39. The predicted octanol–water partition coefficient (Wildman–Crippen LogP) is 1.56. The van der Waals surface area contributed by atoms with Crippen molar-refractivity contribution >= 4 is 11.6 Å². The smallest absolute Gasteiger partial charge is 0.266 e. The van der Waals surface area contributed by atoms with Crippen LogP contribution in [0.15, 0.2) is 53.5 Å². The molecule has 0 spiro atoms. The van der Waals surface area contributed by atoms with Gasteiger partial charge in [0.1, 0.15) is 5.69 Å². The summed E-state index contributed by atoms with van der Waals surface area (Å²) >= 11 is 0. The van der Waals surface area contributed by atoms with Gasteiger partial charge in [-0.3, -0.25) is 4.79 Å². The van der Waals surface area contributed by atoms with Crippen LogP contribution in [0.3, 0.4) is 0 Å². The first-order valence-corrected chi connectivity index (χ1v) is 8.76. The first kappa shape index (κ1) is 17.0. The van der Waals surface area contributed by atoms with Gasteiger partial charge in [0.2, 0.25) is 11.8 Å². The van der Waals surface area contributed by atoms with Crippen LogP contribution in [0.4, 0.5) is 11.6 Å². The number of anilines is 2. The van der Waals surface area contributed by atoms with Crippen molar-refractivity contribution in [1.82, 2.24) is 20.2 Å². The van der Waals surface area contributed by atoms with Crippen LogP contribution in [0.1, 0.15) is 0 Å². The summed E-state index contributed by atoms with van der Waals surface area (Å²) in [6, 6.07) is 13.2. The summed E-state index contributed by atoms with van der Waals surface area (Å²) in [5.74, 6) is 1.20. The maximum atomic E-state index is 11.9. The van der Waals surface area contributed by atoms with Gasteiger partial charge in [-0.15, -0.1) is 0 Å². The van der Waals surface area contributed by atoms with E-state index in [2.05, 4.69) is 30.0 Å². The molecule has 0 unspecified atom stereocenters. The Morgan fingerprint density at radius 2 is 1.78 bits per heavy atom. The number of rotatable bonds is 4. The minimum absolute atomic E-state index is 0.205. The molecule has 4 rings (SSSR count). The number of hydrogen-bond donors (Lipinski definition) is 1. The van der Waals surface area contributed by atoms with Crippen LogP contribution in [0, 0.1) is 0 Å². The average Bonchev–Trinajstić information content (AvgIpc) is 2.74. The highest BCUT2D eigenvalue weighted by Gasteiger charge is 2.22. The number of H-pyrrole nitrogens is 1. The lowest BCUT2D eigenvalue weighted by molar-refractivity contribution is 0.396. The molecule has 0 radical (unpaired) electrons. The van der Waals surface area contributed by atoms with Crippen molar-refractivity contribution in [1.29, 1.82) is 0 Å². The monoisotopic (exact) mass is 364 g/mol. The third-order valence-electron chi connectivity index (χ3n) is 4.57. The van der Waals surface area contributed by atoms with E-state index in [9.17, 15) is 4.79 Å². The van der Waals surface area contributed by atoms with E-state index in [0.717, 1.165) is 43.1 Å². The Morgan fingerprint density at radius 1 is 1.04 bits per heavy atom. The third-order valence-corrected chi connectivity index (χ3v) is 4.57. The summed E-state index contributed by atoms with van der Waals surface area (Å²) < 4.78 is 5.18. The lowest BCUT2D eigenvalue weighted by Crippen LogP contribution is -2.47. The average molecular weight is 364 g/mol. The summed E-state index contributed by atoms with van der Waals surface area (Å²) in [7, 11) is 1.59. The molecule has 8 nitrogen and oxygen atoms in total. The normalized spacial score (nSPS) is 14.3. The standard InChI is InChI=1S/C19H20N6O2/c1-27-17-7-8-20-19(21-17)25-11-9-24(10-12-25)15-13-16(26)22-23-18(15)14-5-3-2-4-6-14/h2-8,13H,9-12H2,1H3,(H,22,26). The van der Waals surface area contributed by atoms with Crippen LogP contribution in [0.5, 0.6) is 5.88 Å². The number of nitrogens with zero attached hydrogens (tertiary/aromatic N) is 5.